The van der Waals surface area contributed by atoms with E-state index in [1.807, 2.05) is 0 Å². The first-order valence-electron chi connectivity index (χ1n) is 8.32. The van der Waals surface area contributed by atoms with Crippen molar-refractivity contribution in [2.75, 3.05) is 19.7 Å². The first-order valence-corrected chi connectivity index (χ1v) is 9.11. The molecule has 1 N–H and O–H groups in total. The van der Waals surface area contributed by atoms with Gasteiger partial charge in [0, 0.05) is 23.5 Å². The van der Waals surface area contributed by atoms with Gasteiger partial charge >= 0.3 is 0 Å². The monoisotopic (exact) mass is 351 g/mol. The molecular weight excluding hydrogens is 326 g/mol. The van der Waals surface area contributed by atoms with E-state index < -0.39 is 0 Å². The van der Waals surface area contributed by atoms with E-state index in [1.165, 1.54) is 42.1 Å². The lowest BCUT2D eigenvalue weighted by atomic mass is 9.62. The summed E-state index contributed by atoms with van der Waals surface area (Å²) in [6.45, 7) is 5.45. The highest BCUT2D eigenvalue weighted by Crippen LogP contribution is 2.51. The van der Waals surface area contributed by atoms with E-state index >= 15 is 0 Å². The molecule has 2 saturated heterocycles. The van der Waals surface area contributed by atoms with Crippen molar-refractivity contribution in [2.24, 2.45) is 5.41 Å². The quantitative estimate of drug-likeness (QED) is 0.865. The predicted molar refractivity (Wildman–Crippen MR) is 90.7 cm³/mol. The fourth-order valence-corrected chi connectivity index (χ4v) is 4.83. The van der Waals surface area contributed by atoms with Crippen LogP contribution >= 0.6 is 15.9 Å². The average Bonchev–Trinajstić information content (AvgIpc) is 2.49. The number of hydrogen-bond donors (Lipinski definition) is 1. The van der Waals surface area contributed by atoms with E-state index in [-0.39, 0.29) is 0 Å². The molecule has 1 spiro atoms. The highest BCUT2D eigenvalue weighted by molar-refractivity contribution is 9.10. The summed E-state index contributed by atoms with van der Waals surface area (Å²) in [7, 11) is 0. The van der Waals surface area contributed by atoms with Crippen LogP contribution in [0.5, 0.6) is 0 Å². The van der Waals surface area contributed by atoms with Crippen molar-refractivity contribution < 1.29 is 4.74 Å². The molecule has 2 aliphatic rings. The zero-order valence-electron chi connectivity index (χ0n) is 12.9. The lowest BCUT2D eigenvalue weighted by molar-refractivity contribution is -0.0711. The molecule has 0 aromatic heterocycles. The lowest BCUT2D eigenvalue weighted by Crippen LogP contribution is -2.48. The van der Waals surface area contributed by atoms with Gasteiger partial charge in [-0.2, -0.15) is 0 Å². The van der Waals surface area contributed by atoms with Crippen molar-refractivity contribution in [3.05, 3.63) is 34.3 Å². The van der Waals surface area contributed by atoms with Crippen molar-refractivity contribution in [3.63, 3.8) is 0 Å². The van der Waals surface area contributed by atoms with Crippen LogP contribution in [-0.2, 0) is 4.74 Å². The van der Waals surface area contributed by atoms with E-state index in [9.17, 15) is 0 Å². The van der Waals surface area contributed by atoms with E-state index in [2.05, 4.69) is 52.4 Å². The van der Waals surface area contributed by atoms with Crippen molar-refractivity contribution in [1.29, 1.82) is 0 Å². The number of rotatable bonds is 3. The van der Waals surface area contributed by atoms with Gasteiger partial charge in [0.05, 0.1) is 6.10 Å². The minimum Gasteiger partial charge on any atom is -0.378 e. The molecule has 0 aliphatic carbocycles. The van der Waals surface area contributed by atoms with Crippen LogP contribution in [0, 0.1) is 5.41 Å². The minimum atomic E-state index is 0.424. The second-order valence-electron chi connectivity index (χ2n) is 6.63. The number of nitrogens with one attached hydrogen (secondary N) is 1. The van der Waals surface area contributed by atoms with Crippen LogP contribution in [0.3, 0.4) is 0 Å². The van der Waals surface area contributed by atoms with Crippen LogP contribution < -0.4 is 5.32 Å². The predicted octanol–water partition coefficient (Wildman–Crippen LogP) is 4.49. The summed E-state index contributed by atoms with van der Waals surface area (Å²) < 4.78 is 7.29. The van der Waals surface area contributed by atoms with Crippen LogP contribution in [0.25, 0.3) is 0 Å². The summed E-state index contributed by atoms with van der Waals surface area (Å²) in [4.78, 5) is 0. The molecule has 0 radical (unpaired) electrons. The van der Waals surface area contributed by atoms with Crippen LogP contribution in [-0.4, -0.2) is 25.8 Å². The largest absolute Gasteiger partial charge is 0.378 e. The molecule has 1 aromatic rings. The molecule has 2 nitrogen and oxygen atoms in total. The average molecular weight is 352 g/mol. The first-order chi connectivity index (χ1) is 10.2. The van der Waals surface area contributed by atoms with Crippen molar-refractivity contribution in [3.8, 4) is 0 Å². The Balaban J connectivity index is 1.88. The molecule has 1 aromatic carbocycles. The van der Waals surface area contributed by atoms with Gasteiger partial charge in [-0.15, -0.1) is 0 Å². The molecular formula is C18H26BrNO. The maximum atomic E-state index is 6.03. The summed E-state index contributed by atoms with van der Waals surface area (Å²) in [5, 5.41) is 3.62. The SMILES string of the molecule is CCCC1CC2(CCNCC2c2ccccc2Br)CCO1. The van der Waals surface area contributed by atoms with Gasteiger partial charge in [0.2, 0.25) is 0 Å². The molecule has 2 aliphatic heterocycles. The molecule has 0 bridgehead atoms. The zero-order chi connectivity index (χ0) is 14.7. The van der Waals surface area contributed by atoms with E-state index in [0.29, 0.717) is 17.4 Å². The van der Waals surface area contributed by atoms with Gasteiger partial charge in [-0.1, -0.05) is 47.5 Å². The lowest BCUT2D eigenvalue weighted by Gasteiger charge is -2.49. The Morgan fingerprint density at radius 3 is 3.00 bits per heavy atom. The van der Waals surface area contributed by atoms with Gasteiger partial charge in [-0.05, 0) is 49.3 Å². The third-order valence-electron chi connectivity index (χ3n) is 5.37. The number of benzene rings is 1. The smallest absolute Gasteiger partial charge is 0.0580 e. The molecule has 3 atom stereocenters. The van der Waals surface area contributed by atoms with Gasteiger partial charge in [0.15, 0.2) is 0 Å². The standard InChI is InChI=1S/C18H26BrNO/c1-2-5-14-12-18(9-11-21-14)8-10-20-13-16(18)15-6-3-4-7-17(15)19/h3-4,6-7,14,16,20H,2,5,8-13H2,1H3. The van der Waals surface area contributed by atoms with Gasteiger partial charge in [-0.3, -0.25) is 0 Å². The molecule has 21 heavy (non-hydrogen) atoms. The summed E-state index contributed by atoms with van der Waals surface area (Å²) in [6, 6.07) is 8.76. The van der Waals surface area contributed by atoms with Gasteiger partial charge in [0.25, 0.3) is 0 Å². The molecule has 3 rings (SSSR count). The maximum Gasteiger partial charge on any atom is 0.0580 e. The Morgan fingerprint density at radius 1 is 1.33 bits per heavy atom. The van der Waals surface area contributed by atoms with Gasteiger partial charge < -0.3 is 10.1 Å². The zero-order valence-corrected chi connectivity index (χ0v) is 14.5. The summed E-state index contributed by atoms with van der Waals surface area (Å²) in [5.74, 6) is 0.602. The third-order valence-corrected chi connectivity index (χ3v) is 6.09. The molecule has 2 heterocycles. The Labute approximate surface area is 136 Å². The fourth-order valence-electron chi connectivity index (χ4n) is 4.27. The molecule has 0 amide bonds. The van der Waals surface area contributed by atoms with Crippen LogP contribution in [0.4, 0.5) is 0 Å². The summed E-state index contributed by atoms with van der Waals surface area (Å²) in [6.07, 6.45) is 6.61. The number of halogens is 1. The third kappa shape index (κ3) is 3.20. The second kappa shape index (κ2) is 6.80. The van der Waals surface area contributed by atoms with E-state index in [1.54, 1.807) is 0 Å². The fraction of sp³-hybridized carbons (Fsp3) is 0.667. The first kappa shape index (κ1) is 15.5. The highest BCUT2D eigenvalue weighted by Gasteiger charge is 2.45. The molecule has 0 saturated carbocycles. The maximum absolute atomic E-state index is 6.03. The van der Waals surface area contributed by atoms with Crippen LogP contribution in [0.15, 0.2) is 28.7 Å². The van der Waals surface area contributed by atoms with Gasteiger partial charge in [0.1, 0.15) is 0 Å². The summed E-state index contributed by atoms with van der Waals surface area (Å²) >= 11 is 3.77. The summed E-state index contributed by atoms with van der Waals surface area (Å²) in [5.41, 5.74) is 1.90. The van der Waals surface area contributed by atoms with E-state index in [4.69, 9.17) is 4.74 Å². The molecule has 3 heteroatoms. The number of piperidine rings is 1. The highest BCUT2D eigenvalue weighted by atomic mass is 79.9. The molecule has 116 valence electrons. The minimum absolute atomic E-state index is 0.424. The van der Waals surface area contributed by atoms with E-state index in [0.717, 1.165) is 19.7 Å². The van der Waals surface area contributed by atoms with Crippen molar-refractivity contribution in [2.45, 2.75) is 51.0 Å². The van der Waals surface area contributed by atoms with Crippen molar-refractivity contribution >= 4 is 15.9 Å². The normalized spacial score (nSPS) is 33.2. The van der Waals surface area contributed by atoms with Crippen LogP contribution in [0.1, 0.15) is 50.5 Å². The Hall–Kier alpha value is -0.380. The van der Waals surface area contributed by atoms with Crippen molar-refractivity contribution in [1.82, 2.24) is 5.32 Å². The second-order valence-corrected chi connectivity index (χ2v) is 7.48. The number of hydrogen-bond acceptors (Lipinski definition) is 2. The Morgan fingerprint density at radius 2 is 2.19 bits per heavy atom. The number of ether oxygens (including phenoxy) is 1. The molecule has 3 unspecified atom stereocenters. The van der Waals surface area contributed by atoms with Gasteiger partial charge in [-0.25, -0.2) is 0 Å². The topological polar surface area (TPSA) is 21.3 Å². The Kier molecular flexibility index (Phi) is 5.03. The molecule has 2 fully saturated rings. The Bertz CT molecular complexity index is 472. The van der Waals surface area contributed by atoms with Crippen LogP contribution in [0.2, 0.25) is 0 Å².